The van der Waals surface area contributed by atoms with E-state index in [1.165, 1.54) is 276 Å². The molecule has 6 nitrogen and oxygen atoms in total. The average molecular weight is 1080 g/mol. The Morgan fingerprint density at radius 2 is 0.468 bits per heavy atom. The maximum absolute atomic E-state index is 12.9. The van der Waals surface area contributed by atoms with Crippen molar-refractivity contribution in [2.75, 3.05) is 13.2 Å². The van der Waals surface area contributed by atoms with Gasteiger partial charge in [0.2, 0.25) is 0 Å². The molecule has 0 aliphatic heterocycles. The lowest BCUT2D eigenvalue weighted by Gasteiger charge is -2.18. The number of hydrogen-bond acceptors (Lipinski definition) is 6. The monoisotopic (exact) mass is 1080 g/mol. The lowest BCUT2D eigenvalue weighted by Crippen LogP contribution is -2.30. The molecule has 0 amide bonds. The Bertz CT molecular complexity index is 1240. The second-order valence-corrected chi connectivity index (χ2v) is 23.8. The van der Waals surface area contributed by atoms with E-state index in [1.54, 1.807) is 0 Å². The molecule has 6 heteroatoms. The molecule has 0 aliphatic carbocycles. The van der Waals surface area contributed by atoms with Crippen LogP contribution in [0.2, 0.25) is 0 Å². The summed E-state index contributed by atoms with van der Waals surface area (Å²) in [5, 5.41) is 0. The molecule has 0 spiro atoms. The van der Waals surface area contributed by atoms with Gasteiger partial charge < -0.3 is 14.2 Å². The van der Waals surface area contributed by atoms with Crippen molar-refractivity contribution >= 4 is 17.9 Å². The van der Waals surface area contributed by atoms with Gasteiger partial charge in [0.05, 0.1) is 0 Å². The van der Waals surface area contributed by atoms with Crippen molar-refractivity contribution in [3.05, 3.63) is 24.3 Å². The third-order valence-corrected chi connectivity index (χ3v) is 16.0. The zero-order valence-corrected chi connectivity index (χ0v) is 52.3. The Labute approximate surface area is 481 Å². The van der Waals surface area contributed by atoms with Crippen LogP contribution >= 0.6 is 0 Å². The van der Waals surface area contributed by atoms with E-state index in [4.69, 9.17) is 14.2 Å². The number of hydrogen-bond donors (Lipinski definition) is 0. The smallest absolute Gasteiger partial charge is 0.306 e. The Balaban J connectivity index is 4.27. The quantitative estimate of drug-likeness (QED) is 0.0261. The standard InChI is InChI=1S/C71H134O6/c1-4-7-10-13-16-19-22-25-28-30-32-34-36-38-40-43-46-49-52-55-58-61-64-70(73)76-67-68(66-75-69(72)63-60-57-54-51-48-45-42-27-24-21-18-15-12-9-6-3)77-71(74)65-62-59-56-53-50-47-44-41-39-37-35-33-31-29-26-23-20-17-14-11-8-5-2/h18,21,27,42,68H,4-17,19-20,22-26,28-41,43-67H2,1-3H3/b21-18-,42-27-. The van der Waals surface area contributed by atoms with Gasteiger partial charge >= 0.3 is 17.9 Å². The molecule has 0 heterocycles. The van der Waals surface area contributed by atoms with Crippen LogP contribution in [0, 0.1) is 0 Å². The van der Waals surface area contributed by atoms with Crippen LogP contribution in [-0.2, 0) is 28.6 Å². The van der Waals surface area contributed by atoms with Gasteiger partial charge in [-0.3, -0.25) is 14.4 Å². The van der Waals surface area contributed by atoms with Crippen molar-refractivity contribution in [3.63, 3.8) is 0 Å². The van der Waals surface area contributed by atoms with E-state index in [0.29, 0.717) is 19.3 Å². The van der Waals surface area contributed by atoms with Gasteiger partial charge in [0, 0.05) is 19.3 Å². The van der Waals surface area contributed by atoms with Crippen LogP contribution in [0.1, 0.15) is 393 Å². The van der Waals surface area contributed by atoms with Crippen LogP contribution in [0.4, 0.5) is 0 Å². The molecule has 0 bridgehead atoms. The Morgan fingerprint density at radius 1 is 0.260 bits per heavy atom. The summed E-state index contributed by atoms with van der Waals surface area (Å²) in [7, 11) is 0. The van der Waals surface area contributed by atoms with E-state index in [-0.39, 0.29) is 31.1 Å². The summed E-state index contributed by atoms with van der Waals surface area (Å²) >= 11 is 0. The minimum Gasteiger partial charge on any atom is -0.462 e. The maximum Gasteiger partial charge on any atom is 0.306 e. The first-order chi connectivity index (χ1) is 38.0. The van der Waals surface area contributed by atoms with Gasteiger partial charge in [0.1, 0.15) is 13.2 Å². The minimum absolute atomic E-state index is 0.0692. The molecule has 0 saturated carbocycles. The highest BCUT2D eigenvalue weighted by atomic mass is 16.6. The molecule has 1 unspecified atom stereocenters. The number of unbranched alkanes of at least 4 members (excludes halogenated alkanes) is 50. The van der Waals surface area contributed by atoms with Crippen LogP contribution in [0.25, 0.3) is 0 Å². The van der Waals surface area contributed by atoms with E-state index in [1.807, 2.05) is 0 Å². The lowest BCUT2D eigenvalue weighted by molar-refractivity contribution is -0.167. The zero-order valence-electron chi connectivity index (χ0n) is 52.3. The third-order valence-electron chi connectivity index (χ3n) is 16.0. The third kappa shape index (κ3) is 64.6. The molecule has 0 aromatic carbocycles. The van der Waals surface area contributed by atoms with E-state index < -0.39 is 6.10 Å². The number of carbonyl (C=O) groups is 3. The fourth-order valence-electron chi connectivity index (χ4n) is 10.7. The van der Waals surface area contributed by atoms with Gasteiger partial charge in [-0.05, 0) is 51.4 Å². The fourth-order valence-corrected chi connectivity index (χ4v) is 10.7. The summed E-state index contributed by atoms with van der Waals surface area (Å²) in [5.41, 5.74) is 0. The number of ether oxygens (including phenoxy) is 3. The van der Waals surface area contributed by atoms with Crippen molar-refractivity contribution in [3.8, 4) is 0 Å². The van der Waals surface area contributed by atoms with Gasteiger partial charge in [0.25, 0.3) is 0 Å². The maximum atomic E-state index is 12.9. The molecule has 0 aromatic heterocycles. The Morgan fingerprint density at radius 3 is 0.740 bits per heavy atom. The molecule has 454 valence electrons. The Kier molecular flexibility index (Phi) is 64.6. The van der Waals surface area contributed by atoms with E-state index in [9.17, 15) is 14.4 Å². The molecule has 0 fully saturated rings. The summed E-state index contributed by atoms with van der Waals surface area (Å²) in [5.74, 6) is -0.851. The van der Waals surface area contributed by atoms with E-state index in [0.717, 1.165) is 77.0 Å². The van der Waals surface area contributed by atoms with Gasteiger partial charge in [-0.2, -0.15) is 0 Å². The van der Waals surface area contributed by atoms with Crippen molar-refractivity contribution < 1.29 is 28.6 Å². The second kappa shape index (κ2) is 66.4. The van der Waals surface area contributed by atoms with Crippen LogP contribution in [0.5, 0.6) is 0 Å². The first kappa shape index (κ1) is 74.9. The molecule has 0 radical (unpaired) electrons. The van der Waals surface area contributed by atoms with Crippen molar-refractivity contribution in [1.29, 1.82) is 0 Å². The minimum atomic E-state index is -0.774. The summed E-state index contributed by atoms with van der Waals surface area (Å²) in [6.07, 6.45) is 80.6. The molecule has 0 N–H and O–H groups in total. The molecule has 1 atom stereocenters. The normalized spacial score (nSPS) is 12.1. The number of esters is 3. The fraction of sp³-hybridized carbons (Fsp3) is 0.901. The number of allylic oxidation sites excluding steroid dienone is 4. The SMILES string of the molecule is CCCCC/C=C\C/C=C\CCCCCCCC(=O)OCC(COC(=O)CCCCCCCCCCCCCCCCCCCCCCCC)OC(=O)CCCCCCCCCCCCCCCCCCCCCCCC. The molecule has 0 saturated heterocycles. The first-order valence-electron chi connectivity index (χ1n) is 34.8. The number of rotatable bonds is 65. The molecule has 0 rings (SSSR count). The zero-order chi connectivity index (χ0) is 55.7. The molecular formula is C71H134O6. The highest BCUT2D eigenvalue weighted by Crippen LogP contribution is 2.19. The van der Waals surface area contributed by atoms with Crippen LogP contribution < -0.4 is 0 Å². The molecule has 0 aliphatic rings. The van der Waals surface area contributed by atoms with Crippen LogP contribution in [0.15, 0.2) is 24.3 Å². The Hall–Kier alpha value is -2.11. The highest BCUT2D eigenvalue weighted by Gasteiger charge is 2.19. The topological polar surface area (TPSA) is 78.9 Å². The summed E-state index contributed by atoms with van der Waals surface area (Å²) in [6.45, 7) is 6.69. The van der Waals surface area contributed by atoms with Crippen LogP contribution in [-0.4, -0.2) is 37.2 Å². The van der Waals surface area contributed by atoms with Gasteiger partial charge in [-0.15, -0.1) is 0 Å². The molecule has 0 aromatic rings. The second-order valence-electron chi connectivity index (χ2n) is 23.8. The summed E-state index contributed by atoms with van der Waals surface area (Å²) in [4.78, 5) is 38.4. The van der Waals surface area contributed by atoms with E-state index in [2.05, 4.69) is 45.1 Å². The van der Waals surface area contributed by atoms with Crippen LogP contribution in [0.3, 0.4) is 0 Å². The summed E-state index contributed by atoms with van der Waals surface area (Å²) in [6, 6.07) is 0. The predicted molar refractivity (Wildman–Crippen MR) is 335 cm³/mol. The largest absolute Gasteiger partial charge is 0.462 e. The van der Waals surface area contributed by atoms with Gasteiger partial charge in [-0.25, -0.2) is 0 Å². The first-order valence-corrected chi connectivity index (χ1v) is 34.8. The van der Waals surface area contributed by atoms with Gasteiger partial charge in [0.15, 0.2) is 6.10 Å². The number of carbonyl (C=O) groups excluding carboxylic acids is 3. The molecular weight excluding hydrogens is 949 g/mol. The molecule has 77 heavy (non-hydrogen) atoms. The lowest BCUT2D eigenvalue weighted by atomic mass is 10.0. The van der Waals surface area contributed by atoms with Crippen molar-refractivity contribution in [2.24, 2.45) is 0 Å². The highest BCUT2D eigenvalue weighted by molar-refractivity contribution is 5.71. The summed E-state index contributed by atoms with van der Waals surface area (Å²) < 4.78 is 17.0. The van der Waals surface area contributed by atoms with E-state index >= 15 is 0 Å². The predicted octanol–water partition coefficient (Wildman–Crippen LogP) is 23.8. The average Bonchev–Trinajstić information content (AvgIpc) is 3.43. The van der Waals surface area contributed by atoms with Gasteiger partial charge in [-0.1, -0.05) is 347 Å². The van der Waals surface area contributed by atoms with Crippen molar-refractivity contribution in [1.82, 2.24) is 0 Å². The van der Waals surface area contributed by atoms with Crippen molar-refractivity contribution in [2.45, 2.75) is 399 Å².